The van der Waals surface area contributed by atoms with Gasteiger partial charge >= 0.3 is 0 Å². The summed E-state index contributed by atoms with van der Waals surface area (Å²) in [6.45, 7) is 0.900. The number of nitrogens with one attached hydrogen (secondary N) is 1. The van der Waals surface area contributed by atoms with Crippen LogP contribution < -0.4 is 10.1 Å². The highest BCUT2D eigenvalue weighted by Crippen LogP contribution is 2.35. The zero-order valence-electron chi connectivity index (χ0n) is 14.1. The van der Waals surface area contributed by atoms with Crippen molar-refractivity contribution in [1.29, 1.82) is 0 Å². The number of nitrogens with zero attached hydrogens (tertiary/aromatic N) is 2. The Labute approximate surface area is 161 Å². The van der Waals surface area contributed by atoms with Crippen molar-refractivity contribution >= 4 is 33.9 Å². The topological polar surface area (TPSA) is 46.5 Å². The number of para-hydroxylation sites is 1. The summed E-state index contributed by atoms with van der Waals surface area (Å²) in [5, 5.41) is 6.89. The zero-order chi connectivity index (χ0) is 17.8. The summed E-state index contributed by atoms with van der Waals surface area (Å²) in [6.07, 6.45) is 3.34. The highest BCUT2D eigenvalue weighted by atomic mass is 35.5. The van der Waals surface area contributed by atoms with Crippen LogP contribution in [0.3, 0.4) is 0 Å². The number of aliphatic imine (C=N–C) groups is 1. The second-order valence-corrected chi connectivity index (χ2v) is 7.30. The molecule has 0 unspecified atom stereocenters. The molecule has 0 fully saturated rings. The summed E-state index contributed by atoms with van der Waals surface area (Å²) in [5.74, 6) is 2.48. The van der Waals surface area contributed by atoms with Crippen molar-refractivity contribution in [2.75, 3.05) is 11.9 Å². The maximum absolute atomic E-state index is 6.05. The lowest BCUT2D eigenvalue weighted by molar-refractivity contribution is 0.484. The highest BCUT2D eigenvalue weighted by Gasteiger charge is 2.13. The third-order valence-corrected chi connectivity index (χ3v) is 5.06. The largest absolute Gasteiger partial charge is 0.457 e. The van der Waals surface area contributed by atoms with Crippen molar-refractivity contribution in [3.63, 3.8) is 0 Å². The lowest BCUT2D eigenvalue weighted by atomic mass is 10.1. The van der Waals surface area contributed by atoms with Gasteiger partial charge in [-0.25, -0.2) is 4.98 Å². The van der Waals surface area contributed by atoms with Gasteiger partial charge in [0.2, 0.25) is 0 Å². The van der Waals surface area contributed by atoms with Crippen LogP contribution in [-0.2, 0) is 0 Å². The number of ether oxygens (including phenoxy) is 1. The lowest BCUT2D eigenvalue weighted by Gasteiger charge is -2.12. The minimum absolute atomic E-state index is 0.647. The molecule has 0 saturated heterocycles. The van der Waals surface area contributed by atoms with Crippen LogP contribution in [0.5, 0.6) is 11.5 Å². The predicted molar refractivity (Wildman–Crippen MR) is 109 cm³/mol. The summed E-state index contributed by atoms with van der Waals surface area (Å²) in [7, 11) is 0. The van der Waals surface area contributed by atoms with Crippen molar-refractivity contribution in [3.05, 3.63) is 58.9 Å². The molecule has 1 N–H and O–H groups in total. The smallest absolute Gasteiger partial charge is 0.188 e. The first-order valence-corrected chi connectivity index (χ1v) is 9.82. The Morgan fingerprint density at radius 2 is 2.00 bits per heavy atom. The van der Waals surface area contributed by atoms with Crippen molar-refractivity contribution in [1.82, 2.24) is 4.98 Å². The minimum Gasteiger partial charge on any atom is -0.457 e. The maximum atomic E-state index is 6.05. The van der Waals surface area contributed by atoms with Crippen LogP contribution in [0.2, 0.25) is 5.02 Å². The van der Waals surface area contributed by atoms with Crippen molar-refractivity contribution in [2.45, 2.75) is 19.3 Å². The van der Waals surface area contributed by atoms with E-state index < -0.39 is 0 Å². The van der Waals surface area contributed by atoms with E-state index in [1.165, 1.54) is 12.8 Å². The molecule has 4 rings (SSSR count). The van der Waals surface area contributed by atoms with Crippen LogP contribution in [0.4, 0.5) is 5.13 Å². The van der Waals surface area contributed by atoms with E-state index in [0.29, 0.717) is 10.8 Å². The van der Waals surface area contributed by atoms with Crippen LogP contribution >= 0.6 is 22.9 Å². The van der Waals surface area contributed by atoms with Gasteiger partial charge in [-0.3, -0.25) is 4.99 Å². The van der Waals surface area contributed by atoms with Crippen molar-refractivity contribution in [2.24, 2.45) is 4.99 Å². The van der Waals surface area contributed by atoms with Crippen LogP contribution in [0.15, 0.2) is 58.9 Å². The van der Waals surface area contributed by atoms with Gasteiger partial charge in [0.15, 0.2) is 5.13 Å². The molecular weight excluding hydrogens is 366 g/mol. The summed E-state index contributed by atoms with van der Waals surface area (Å²) in [6, 6.07) is 15.3. The van der Waals surface area contributed by atoms with E-state index in [4.69, 9.17) is 21.3 Å². The van der Waals surface area contributed by atoms with Gasteiger partial charge in [0.05, 0.1) is 5.69 Å². The average molecular weight is 384 g/mol. The summed E-state index contributed by atoms with van der Waals surface area (Å²) in [4.78, 5) is 9.24. The first-order valence-electron chi connectivity index (χ1n) is 8.57. The monoisotopic (exact) mass is 383 g/mol. The molecule has 0 atom stereocenters. The Balaban J connectivity index is 1.57. The Bertz CT molecular complexity index is 938. The van der Waals surface area contributed by atoms with Gasteiger partial charge in [-0.15, -0.1) is 11.3 Å². The third-order valence-electron chi connectivity index (χ3n) is 4.07. The Morgan fingerprint density at radius 3 is 2.85 bits per heavy atom. The first-order chi connectivity index (χ1) is 12.8. The Morgan fingerprint density at radius 1 is 1.08 bits per heavy atom. The normalized spacial score (nSPS) is 14.0. The van der Waals surface area contributed by atoms with Gasteiger partial charge in [-0.05, 0) is 43.2 Å². The maximum Gasteiger partial charge on any atom is 0.188 e. The molecule has 0 amide bonds. The molecule has 1 aliphatic rings. The number of rotatable bonds is 4. The number of hydrogen-bond donors (Lipinski definition) is 1. The molecule has 3 aromatic rings. The molecule has 0 bridgehead atoms. The van der Waals surface area contributed by atoms with E-state index in [2.05, 4.69) is 10.3 Å². The molecular formula is C20H18ClN3OS. The standard InChI is InChI=1S/C20H18ClN3OS/c21-14-6-5-7-15(12-14)25-18-9-2-1-8-16(18)17-13-26-20(23-17)24-19-10-3-4-11-22-19/h1-2,5-9,12-13H,3-4,10-11H2,(H,22,23,24). The first kappa shape index (κ1) is 17.1. The molecule has 6 heteroatoms. The van der Waals surface area contributed by atoms with Gasteiger partial charge in [0.1, 0.15) is 17.3 Å². The van der Waals surface area contributed by atoms with Gasteiger partial charge in [0.25, 0.3) is 0 Å². The van der Waals surface area contributed by atoms with Crippen LogP contribution in [0.1, 0.15) is 19.3 Å². The van der Waals surface area contributed by atoms with E-state index in [1.807, 2.05) is 47.8 Å². The number of hydrogen-bond acceptors (Lipinski definition) is 5. The quantitative estimate of drug-likeness (QED) is 0.579. The summed E-state index contributed by atoms with van der Waals surface area (Å²) >= 11 is 7.63. The fraction of sp³-hybridized carbons (Fsp3) is 0.200. The molecule has 4 nitrogen and oxygen atoms in total. The minimum atomic E-state index is 0.647. The third kappa shape index (κ3) is 4.06. The van der Waals surface area contributed by atoms with Crippen LogP contribution in [-0.4, -0.2) is 17.4 Å². The number of benzene rings is 2. The molecule has 0 saturated carbocycles. The highest BCUT2D eigenvalue weighted by molar-refractivity contribution is 7.14. The molecule has 1 aromatic heterocycles. The predicted octanol–water partition coefficient (Wildman–Crippen LogP) is 6.25. The van der Waals surface area contributed by atoms with Gasteiger partial charge < -0.3 is 10.1 Å². The zero-order valence-corrected chi connectivity index (χ0v) is 15.7. The van der Waals surface area contributed by atoms with E-state index in [9.17, 15) is 0 Å². The number of anilines is 1. The number of aromatic nitrogens is 1. The van der Waals surface area contributed by atoms with Crippen molar-refractivity contribution < 1.29 is 4.74 Å². The number of halogens is 1. The van der Waals surface area contributed by atoms with Gasteiger partial charge in [-0.2, -0.15) is 0 Å². The summed E-state index contributed by atoms with van der Waals surface area (Å²) < 4.78 is 6.04. The molecule has 0 radical (unpaired) electrons. The molecule has 2 aromatic carbocycles. The van der Waals surface area contributed by atoms with Crippen LogP contribution in [0, 0.1) is 0 Å². The molecule has 1 aliphatic heterocycles. The SMILES string of the molecule is Clc1cccc(Oc2ccccc2-c2csc(NC3=NCCCC3)n2)c1. The second kappa shape index (κ2) is 7.89. The van der Waals surface area contributed by atoms with E-state index in [-0.39, 0.29) is 0 Å². The molecule has 26 heavy (non-hydrogen) atoms. The van der Waals surface area contributed by atoms with Gasteiger partial charge in [-0.1, -0.05) is 29.8 Å². The Kier molecular flexibility index (Phi) is 5.18. The van der Waals surface area contributed by atoms with Gasteiger partial charge in [0, 0.05) is 28.9 Å². The van der Waals surface area contributed by atoms with Crippen LogP contribution in [0.25, 0.3) is 11.3 Å². The van der Waals surface area contributed by atoms with Crippen molar-refractivity contribution in [3.8, 4) is 22.8 Å². The molecule has 2 heterocycles. The Hall–Kier alpha value is -2.37. The number of amidine groups is 1. The molecule has 132 valence electrons. The van der Waals surface area contributed by atoms with E-state index in [1.54, 1.807) is 17.4 Å². The van der Waals surface area contributed by atoms with E-state index in [0.717, 1.165) is 40.9 Å². The summed E-state index contributed by atoms with van der Waals surface area (Å²) in [5.41, 5.74) is 1.83. The number of thiazole rings is 1. The fourth-order valence-corrected chi connectivity index (χ4v) is 3.71. The van der Waals surface area contributed by atoms with E-state index >= 15 is 0 Å². The average Bonchev–Trinajstić information content (AvgIpc) is 3.11. The fourth-order valence-electron chi connectivity index (χ4n) is 2.80. The molecule has 0 spiro atoms. The lowest BCUT2D eigenvalue weighted by Crippen LogP contribution is -2.15. The molecule has 0 aliphatic carbocycles. The second-order valence-electron chi connectivity index (χ2n) is 6.00.